The third-order valence-electron chi connectivity index (χ3n) is 8.14. The van der Waals surface area contributed by atoms with E-state index in [2.05, 4.69) is 10.6 Å². The Morgan fingerprint density at radius 3 is 2.27 bits per heavy atom. The van der Waals surface area contributed by atoms with E-state index >= 15 is 0 Å². The van der Waals surface area contributed by atoms with Crippen LogP contribution < -0.4 is 10.6 Å². The summed E-state index contributed by atoms with van der Waals surface area (Å²) >= 11 is 0. The van der Waals surface area contributed by atoms with E-state index in [1.807, 2.05) is 13.8 Å². The molecule has 4 amide bonds. The Kier molecular flexibility index (Phi) is 12.3. The standard InChI is InChI=1S/C33H45F2N5O5/c1-4-7-38(8-5-2)32(43)25-15-22(3)14-24(19-25)31(42)37-28(18-23-16-26(34)20-27(35)17-23)30(41)29-21-40(9-6-36-29)33(44)39-10-12-45-13-11-39/h14-17,19-20,28-30,36,41H,4-13,18,21H2,1-3H3,(H,37,42)/t28?,29-,30+/m1/s1. The van der Waals surface area contributed by atoms with Gasteiger partial charge >= 0.3 is 6.03 Å². The van der Waals surface area contributed by atoms with Crippen molar-refractivity contribution in [1.82, 2.24) is 25.3 Å². The van der Waals surface area contributed by atoms with Crippen LogP contribution in [0.4, 0.5) is 13.6 Å². The van der Waals surface area contributed by atoms with Gasteiger partial charge in [0.25, 0.3) is 11.8 Å². The van der Waals surface area contributed by atoms with Gasteiger partial charge in [0, 0.05) is 63.0 Å². The van der Waals surface area contributed by atoms with Crippen molar-refractivity contribution in [2.24, 2.45) is 0 Å². The molecule has 4 rings (SSSR count). The van der Waals surface area contributed by atoms with Gasteiger partial charge in [-0.1, -0.05) is 13.8 Å². The van der Waals surface area contributed by atoms with Gasteiger partial charge in [-0.05, 0) is 67.6 Å². The summed E-state index contributed by atoms with van der Waals surface area (Å²) in [6, 6.07) is 6.27. The van der Waals surface area contributed by atoms with E-state index in [9.17, 15) is 28.3 Å². The molecule has 0 aliphatic carbocycles. The van der Waals surface area contributed by atoms with Crippen LogP contribution in [0.5, 0.6) is 0 Å². The Labute approximate surface area is 263 Å². The molecule has 2 heterocycles. The van der Waals surface area contributed by atoms with E-state index in [4.69, 9.17) is 4.74 Å². The summed E-state index contributed by atoms with van der Waals surface area (Å²) in [5, 5.41) is 17.7. The minimum absolute atomic E-state index is 0.0739. The molecule has 2 aliphatic rings. The number of carbonyl (C=O) groups excluding carboxylic acids is 3. The van der Waals surface area contributed by atoms with E-state index < -0.39 is 35.7 Å². The maximum atomic E-state index is 14.1. The zero-order valence-electron chi connectivity index (χ0n) is 26.4. The Hall–Kier alpha value is -3.61. The van der Waals surface area contributed by atoms with E-state index in [0.29, 0.717) is 58.0 Å². The van der Waals surface area contributed by atoms with Crippen LogP contribution >= 0.6 is 0 Å². The number of hydrogen-bond acceptors (Lipinski definition) is 6. The van der Waals surface area contributed by atoms with Gasteiger partial charge in [-0.25, -0.2) is 13.6 Å². The van der Waals surface area contributed by atoms with Crippen molar-refractivity contribution in [3.63, 3.8) is 0 Å². The molecular formula is C33H45F2N5O5. The first-order valence-electron chi connectivity index (χ1n) is 15.8. The number of benzene rings is 2. The van der Waals surface area contributed by atoms with Crippen LogP contribution in [0.2, 0.25) is 0 Å². The number of halogens is 2. The number of aliphatic hydroxyl groups excluding tert-OH is 1. The van der Waals surface area contributed by atoms with Crippen molar-refractivity contribution in [3.8, 4) is 0 Å². The summed E-state index contributed by atoms with van der Waals surface area (Å²) in [7, 11) is 0. The predicted molar refractivity (Wildman–Crippen MR) is 166 cm³/mol. The predicted octanol–water partition coefficient (Wildman–Crippen LogP) is 2.96. The highest BCUT2D eigenvalue weighted by Crippen LogP contribution is 2.18. The lowest BCUT2D eigenvalue weighted by atomic mass is 9.94. The summed E-state index contributed by atoms with van der Waals surface area (Å²) in [4.78, 5) is 45.3. The fraction of sp³-hybridized carbons (Fsp3) is 0.545. The number of carbonyl (C=O) groups is 3. The number of nitrogens with one attached hydrogen (secondary N) is 2. The number of ether oxygens (including phenoxy) is 1. The second-order valence-corrected chi connectivity index (χ2v) is 11.8. The number of rotatable bonds is 11. The van der Waals surface area contributed by atoms with Gasteiger partial charge in [0.15, 0.2) is 0 Å². The number of amides is 4. The first kappa shape index (κ1) is 34.3. The second kappa shape index (κ2) is 16.1. The molecule has 2 aliphatic heterocycles. The quantitative estimate of drug-likeness (QED) is 0.352. The highest BCUT2D eigenvalue weighted by atomic mass is 19.1. The van der Waals surface area contributed by atoms with Crippen LogP contribution in [0.3, 0.4) is 0 Å². The Morgan fingerprint density at radius 2 is 1.62 bits per heavy atom. The summed E-state index contributed by atoms with van der Waals surface area (Å²) in [6.45, 7) is 9.92. The van der Waals surface area contributed by atoms with Crippen LogP contribution in [-0.4, -0.2) is 115 Å². The van der Waals surface area contributed by atoms with Gasteiger partial charge in [-0.2, -0.15) is 0 Å². The molecule has 0 saturated carbocycles. The molecule has 3 atom stereocenters. The second-order valence-electron chi connectivity index (χ2n) is 11.8. The molecule has 3 N–H and O–H groups in total. The van der Waals surface area contributed by atoms with E-state index in [-0.39, 0.29) is 36.0 Å². The van der Waals surface area contributed by atoms with Crippen molar-refractivity contribution in [3.05, 3.63) is 70.3 Å². The third kappa shape index (κ3) is 9.21. The van der Waals surface area contributed by atoms with Gasteiger partial charge in [0.2, 0.25) is 0 Å². The SMILES string of the molecule is CCCN(CCC)C(=O)c1cc(C)cc(C(=O)NC(Cc2cc(F)cc(F)c2)[C@H](O)[C@H]2CN(C(=O)N3CCOCC3)CCN2)c1. The lowest BCUT2D eigenvalue weighted by Gasteiger charge is -2.41. The molecule has 10 nitrogen and oxygen atoms in total. The number of urea groups is 1. The summed E-state index contributed by atoms with van der Waals surface area (Å²) < 4.78 is 33.6. The zero-order valence-corrected chi connectivity index (χ0v) is 26.4. The highest BCUT2D eigenvalue weighted by Gasteiger charge is 2.35. The van der Waals surface area contributed by atoms with Crippen molar-refractivity contribution in [2.75, 3.05) is 59.0 Å². The number of hydrogen-bond donors (Lipinski definition) is 3. The van der Waals surface area contributed by atoms with Crippen LogP contribution in [0.15, 0.2) is 36.4 Å². The number of piperazine rings is 1. The van der Waals surface area contributed by atoms with Gasteiger partial charge in [-0.3, -0.25) is 9.59 Å². The monoisotopic (exact) mass is 629 g/mol. The Balaban J connectivity index is 1.57. The lowest BCUT2D eigenvalue weighted by molar-refractivity contribution is 0.0289. The minimum atomic E-state index is -1.23. The first-order valence-corrected chi connectivity index (χ1v) is 15.8. The van der Waals surface area contributed by atoms with Crippen LogP contribution in [0.1, 0.15) is 58.5 Å². The molecule has 2 aromatic carbocycles. The van der Waals surface area contributed by atoms with Crippen molar-refractivity contribution >= 4 is 17.8 Å². The molecule has 12 heteroatoms. The van der Waals surface area contributed by atoms with Crippen molar-refractivity contribution in [1.29, 1.82) is 0 Å². The normalized spacial score (nSPS) is 18.3. The zero-order chi connectivity index (χ0) is 32.5. The topological polar surface area (TPSA) is 114 Å². The highest BCUT2D eigenvalue weighted by molar-refractivity contribution is 6.00. The summed E-state index contributed by atoms with van der Waals surface area (Å²) in [5.74, 6) is -2.25. The van der Waals surface area contributed by atoms with Gasteiger partial charge in [0.1, 0.15) is 11.6 Å². The maximum Gasteiger partial charge on any atom is 0.320 e. The van der Waals surface area contributed by atoms with Gasteiger partial charge < -0.3 is 35.2 Å². The molecule has 2 saturated heterocycles. The van der Waals surface area contributed by atoms with Crippen LogP contribution in [0.25, 0.3) is 0 Å². The van der Waals surface area contributed by atoms with E-state index in [1.165, 1.54) is 6.07 Å². The van der Waals surface area contributed by atoms with Crippen LogP contribution in [-0.2, 0) is 11.2 Å². The minimum Gasteiger partial charge on any atom is -0.389 e. The average molecular weight is 630 g/mol. The molecule has 2 aromatic rings. The average Bonchev–Trinajstić information content (AvgIpc) is 3.03. The summed E-state index contributed by atoms with van der Waals surface area (Å²) in [5.41, 5.74) is 1.59. The number of aryl methyl sites for hydroxylation is 1. The fourth-order valence-electron chi connectivity index (χ4n) is 5.98. The Bertz CT molecular complexity index is 1310. The van der Waals surface area contributed by atoms with Crippen molar-refractivity contribution in [2.45, 2.75) is 58.2 Å². The number of aliphatic hydroxyl groups is 1. The Morgan fingerprint density at radius 1 is 0.978 bits per heavy atom. The molecule has 0 radical (unpaired) electrons. The molecule has 0 spiro atoms. The summed E-state index contributed by atoms with van der Waals surface area (Å²) in [6.07, 6.45) is 0.303. The lowest BCUT2D eigenvalue weighted by Crippen LogP contribution is -2.63. The first-order chi connectivity index (χ1) is 21.6. The third-order valence-corrected chi connectivity index (χ3v) is 8.14. The van der Waals surface area contributed by atoms with E-state index in [0.717, 1.165) is 36.6 Å². The fourth-order valence-corrected chi connectivity index (χ4v) is 5.98. The van der Waals surface area contributed by atoms with E-state index in [1.54, 1.807) is 33.8 Å². The molecule has 0 aromatic heterocycles. The largest absolute Gasteiger partial charge is 0.389 e. The molecule has 246 valence electrons. The molecule has 45 heavy (non-hydrogen) atoms. The van der Waals surface area contributed by atoms with Crippen LogP contribution in [0, 0.1) is 18.6 Å². The molecule has 0 bridgehead atoms. The number of morpholine rings is 1. The molecule has 2 fully saturated rings. The number of nitrogens with zero attached hydrogens (tertiary/aromatic N) is 3. The smallest absolute Gasteiger partial charge is 0.320 e. The van der Waals surface area contributed by atoms with Gasteiger partial charge in [0.05, 0.1) is 31.4 Å². The molecule has 1 unspecified atom stereocenters. The van der Waals surface area contributed by atoms with Gasteiger partial charge in [-0.15, -0.1) is 0 Å². The molecular weight excluding hydrogens is 584 g/mol. The maximum absolute atomic E-state index is 14.1. The van der Waals surface area contributed by atoms with Crippen molar-refractivity contribution < 1.29 is 33.0 Å².